The highest BCUT2D eigenvalue weighted by atomic mass is 16.2. The molecule has 1 aromatic rings. The van der Waals surface area contributed by atoms with Gasteiger partial charge in [0.1, 0.15) is 0 Å². The quantitative estimate of drug-likeness (QED) is 0.782. The summed E-state index contributed by atoms with van der Waals surface area (Å²) < 4.78 is 0. The summed E-state index contributed by atoms with van der Waals surface area (Å²) in [7, 11) is 1.90. The van der Waals surface area contributed by atoms with Crippen molar-refractivity contribution in [3.8, 4) is 0 Å². The Morgan fingerprint density at radius 3 is 2.29 bits per heavy atom. The molecular formula is C15H23NO. The predicted molar refractivity (Wildman–Crippen MR) is 71.6 cm³/mol. The van der Waals surface area contributed by atoms with E-state index >= 15 is 0 Å². The van der Waals surface area contributed by atoms with Gasteiger partial charge in [0, 0.05) is 19.5 Å². The molecule has 1 aromatic carbocycles. The maximum absolute atomic E-state index is 11.9. The fourth-order valence-electron chi connectivity index (χ4n) is 1.90. The minimum Gasteiger partial charge on any atom is -0.341 e. The van der Waals surface area contributed by atoms with Crippen molar-refractivity contribution in [1.82, 2.24) is 4.90 Å². The van der Waals surface area contributed by atoms with Crippen molar-refractivity contribution in [3.63, 3.8) is 0 Å². The molecule has 94 valence electrons. The third-order valence-electron chi connectivity index (χ3n) is 3.09. The van der Waals surface area contributed by atoms with E-state index in [2.05, 4.69) is 12.1 Å². The Hall–Kier alpha value is -1.31. The molecule has 0 aromatic heterocycles. The van der Waals surface area contributed by atoms with Crippen molar-refractivity contribution in [2.45, 2.75) is 39.7 Å². The van der Waals surface area contributed by atoms with Gasteiger partial charge in [-0.3, -0.25) is 4.79 Å². The van der Waals surface area contributed by atoms with Gasteiger partial charge in [0.2, 0.25) is 5.91 Å². The molecule has 0 atom stereocenters. The highest BCUT2D eigenvalue weighted by molar-refractivity contribution is 5.79. The first-order chi connectivity index (χ1) is 8.27. The third-order valence-corrected chi connectivity index (χ3v) is 3.09. The van der Waals surface area contributed by atoms with Crippen molar-refractivity contribution in [1.29, 1.82) is 0 Å². The van der Waals surface area contributed by atoms with Gasteiger partial charge in [0.25, 0.3) is 0 Å². The molecule has 0 spiro atoms. The number of rotatable bonds is 3. The molecule has 0 aliphatic heterocycles. The van der Waals surface area contributed by atoms with Crippen LogP contribution in [0.3, 0.4) is 0 Å². The highest BCUT2D eigenvalue weighted by Gasteiger charge is 2.27. The monoisotopic (exact) mass is 233 g/mol. The van der Waals surface area contributed by atoms with Gasteiger partial charge in [-0.25, -0.2) is 0 Å². The van der Waals surface area contributed by atoms with E-state index < -0.39 is 0 Å². The Kier molecular flexibility index (Phi) is 5.75. The number of hydrogen-bond acceptors (Lipinski definition) is 1. The number of carbonyl (C=O) groups excluding carboxylic acids is 1. The lowest BCUT2D eigenvalue weighted by Gasteiger charge is -2.29. The van der Waals surface area contributed by atoms with Crippen LogP contribution < -0.4 is 0 Å². The van der Waals surface area contributed by atoms with Gasteiger partial charge in [-0.2, -0.15) is 0 Å². The molecule has 2 heteroatoms. The van der Waals surface area contributed by atoms with Crippen molar-refractivity contribution in [2.75, 3.05) is 7.05 Å². The van der Waals surface area contributed by atoms with Crippen LogP contribution >= 0.6 is 0 Å². The van der Waals surface area contributed by atoms with Crippen LogP contribution in [0.1, 0.15) is 38.7 Å². The van der Waals surface area contributed by atoms with Crippen LogP contribution in [-0.2, 0) is 11.3 Å². The van der Waals surface area contributed by atoms with E-state index in [1.807, 2.05) is 44.0 Å². The van der Waals surface area contributed by atoms with E-state index in [1.54, 1.807) is 0 Å². The van der Waals surface area contributed by atoms with Gasteiger partial charge >= 0.3 is 0 Å². The zero-order valence-electron chi connectivity index (χ0n) is 11.1. The maximum Gasteiger partial charge on any atom is 0.225 e. The van der Waals surface area contributed by atoms with E-state index in [1.165, 1.54) is 12.0 Å². The second kappa shape index (κ2) is 7.10. The van der Waals surface area contributed by atoms with Crippen LogP contribution in [0.25, 0.3) is 0 Å². The number of hydrogen-bond donors (Lipinski definition) is 0. The van der Waals surface area contributed by atoms with Gasteiger partial charge < -0.3 is 4.90 Å². The van der Waals surface area contributed by atoms with Gasteiger partial charge in [0.05, 0.1) is 0 Å². The Labute approximate surface area is 105 Å². The summed E-state index contributed by atoms with van der Waals surface area (Å²) >= 11 is 0. The smallest absolute Gasteiger partial charge is 0.225 e. The molecule has 0 N–H and O–H groups in total. The van der Waals surface area contributed by atoms with E-state index in [0.29, 0.717) is 11.8 Å². The van der Waals surface area contributed by atoms with E-state index in [9.17, 15) is 4.79 Å². The minimum absolute atomic E-state index is 0.304. The standard InChI is InChI=1S/C13H17NO.C2H6/c1-14(13(15)12-8-5-9-12)10-11-6-3-2-4-7-11;1-2/h2-4,6-7,12H,5,8-10H2,1H3;1-2H3. The average molecular weight is 233 g/mol. The molecule has 0 heterocycles. The third kappa shape index (κ3) is 3.88. The summed E-state index contributed by atoms with van der Waals surface area (Å²) in [5, 5.41) is 0. The van der Waals surface area contributed by atoms with Crippen molar-refractivity contribution < 1.29 is 4.79 Å². The van der Waals surface area contributed by atoms with Gasteiger partial charge in [-0.1, -0.05) is 50.6 Å². The average Bonchev–Trinajstić information content (AvgIpc) is 2.30. The first-order valence-corrected chi connectivity index (χ1v) is 6.56. The molecule has 1 saturated carbocycles. The molecule has 2 rings (SSSR count). The lowest BCUT2D eigenvalue weighted by atomic mass is 9.84. The van der Waals surface area contributed by atoms with Crippen LogP contribution in [0, 0.1) is 5.92 Å². The molecule has 0 bridgehead atoms. The summed E-state index contributed by atoms with van der Waals surface area (Å²) in [6.07, 6.45) is 3.38. The van der Waals surface area contributed by atoms with E-state index in [4.69, 9.17) is 0 Å². The zero-order valence-corrected chi connectivity index (χ0v) is 11.1. The van der Waals surface area contributed by atoms with Crippen molar-refractivity contribution in [2.24, 2.45) is 5.92 Å². The van der Waals surface area contributed by atoms with Crippen LogP contribution in [0.5, 0.6) is 0 Å². The lowest BCUT2D eigenvalue weighted by Crippen LogP contribution is -2.35. The minimum atomic E-state index is 0.304. The lowest BCUT2D eigenvalue weighted by molar-refractivity contribution is -0.137. The topological polar surface area (TPSA) is 20.3 Å². The summed E-state index contributed by atoms with van der Waals surface area (Å²) in [4.78, 5) is 13.7. The Bertz CT molecular complexity index is 330. The summed E-state index contributed by atoms with van der Waals surface area (Å²) in [6, 6.07) is 10.1. The summed E-state index contributed by atoms with van der Waals surface area (Å²) in [5.74, 6) is 0.615. The van der Waals surface area contributed by atoms with Gasteiger partial charge in [-0.05, 0) is 18.4 Å². The van der Waals surface area contributed by atoms with Crippen molar-refractivity contribution >= 4 is 5.91 Å². The largest absolute Gasteiger partial charge is 0.341 e. The number of nitrogens with zero attached hydrogens (tertiary/aromatic N) is 1. The molecule has 0 saturated heterocycles. The fraction of sp³-hybridized carbons (Fsp3) is 0.533. The first-order valence-electron chi connectivity index (χ1n) is 6.56. The van der Waals surface area contributed by atoms with E-state index in [0.717, 1.165) is 19.4 Å². The molecule has 1 fully saturated rings. The van der Waals surface area contributed by atoms with Gasteiger partial charge in [0.15, 0.2) is 0 Å². The molecule has 1 aliphatic rings. The SMILES string of the molecule is CC.CN(Cc1ccccc1)C(=O)C1CCC1. The molecule has 1 aliphatic carbocycles. The van der Waals surface area contributed by atoms with Gasteiger partial charge in [-0.15, -0.1) is 0 Å². The predicted octanol–water partition coefficient (Wildman–Crippen LogP) is 3.47. The Morgan fingerprint density at radius 1 is 1.24 bits per heavy atom. The van der Waals surface area contributed by atoms with Crippen LogP contribution in [0.2, 0.25) is 0 Å². The molecule has 1 amide bonds. The normalized spacial score (nSPS) is 14.3. The molecule has 0 unspecified atom stereocenters. The van der Waals surface area contributed by atoms with Crippen LogP contribution in [0.15, 0.2) is 30.3 Å². The summed E-state index contributed by atoms with van der Waals surface area (Å²) in [5.41, 5.74) is 1.20. The van der Waals surface area contributed by atoms with Crippen LogP contribution in [0.4, 0.5) is 0 Å². The zero-order chi connectivity index (χ0) is 12.7. The highest BCUT2D eigenvalue weighted by Crippen LogP contribution is 2.28. The van der Waals surface area contributed by atoms with Crippen molar-refractivity contribution in [3.05, 3.63) is 35.9 Å². The summed E-state index contributed by atoms with van der Waals surface area (Å²) in [6.45, 7) is 4.73. The second-order valence-electron chi connectivity index (χ2n) is 4.31. The number of carbonyl (C=O) groups is 1. The first kappa shape index (κ1) is 13.8. The number of benzene rings is 1. The molecule has 17 heavy (non-hydrogen) atoms. The van der Waals surface area contributed by atoms with Crippen LogP contribution in [-0.4, -0.2) is 17.9 Å². The Morgan fingerprint density at radius 2 is 1.82 bits per heavy atom. The Balaban J connectivity index is 0.000000686. The van der Waals surface area contributed by atoms with E-state index in [-0.39, 0.29) is 0 Å². The molecular weight excluding hydrogens is 210 g/mol. The molecule has 2 nitrogen and oxygen atoms in total. The maximum atomic E-state index is 11.9. The molecule has 0 radical (unpaired) electrons. The fourth-order valence-corrected chi connectivity index (χ4v) is 1.90. The second-order valence-corrected chi connectivity index (χ2v) is 4.31. The number of amides is 1.